The van der Waals surface area contributed by atoms with Crippen LogP contribution in [-0.2, 0) is 12.8 Å². The molecular formula is C27H22O. The summed E-state index contributed by atoms with van der Waals surface area (Å²) in [6, 6.07) is 24.4. The van der Waals surface area contributed by atoms with Gasteiger partial charge in [-0.15, -0.1) is 13.2 Å². The first-order chi connectivity index (χ1) is 13.7. The molecule has 1 heteroatoms. The fourth-order valence-corrected chi connectivity index (χ4v) is 3.95. The molecule has 0 saturated heterocycles. The first-order valence-corrected chi connectivity index (χ1v) is 9.52. The maximum Gasteiger partial charge on any atom is 0.194 e. The summed E-state index contributed by atoms with van der Waals surface area (Å²) in [4.78, 5) is 14.0. The number of fused-ring (bicyclic) bond motifs is 2. The first kappa shape index (κ1) is 17.9. The zero-order valence-corrected chi connectivity index (χ0v) is 15.8. The highest BCUT2D eigenvalue weighted by Gasteiger charge is 2.21. The molecule has 28 heavy (non-hydrogen) atoms. The lowest BCUT2D eigenvalue weighted by Crippen LogP contribution is -2.10. The van der Waals surface area contributed by atoms with Gasteiger partial charge in [0.05, 0.1) is 0 Å². The van der Waals surface area contributed by atoms with Crippen LogP contribution in [0.1, 0.15) is 27.0 Å². The van der Waals surface area contributed by atoms with Crippen molar-refractivity contribution in [3.63, 3.8) is 0 Å². The molecule has 0 aliphatic rings. The lowest BCUT2D eigenvalue weighted by Gasteiger charge is -2.16. The van der Waals surface area contributed by atoms with E-state index in [0.717, 1.165) is 43.8 Å². The number of carbonyl (C=O) groups excluding carboxylic acids is 1. The summed E-state index contributed by atoms with van der Waals surface area (Å²) < 4.78 is 0. The van der Waals surface area contributed by atoms with E-state index in [0.29, 0.717) is 12.8 Å². The second-order valence-electron chi connectivity index (χ2n) is 6.96. The Balaban J connectivity index is 2.05. The number of benzene rings is 4. The van der Waals surface area contributed by atoms with Crippen LogP contribution >= 0.6 is 0 Å². The molecule has 0 aromatic heterocycles. The lowest BCUT2D eigenvalue weighted by molar-refractivity contribution is 0.104. The number of carbonyl (C=O) groups is 1. The normalized spacial score (nSPS) is 10.9. The van der Waals surface area contributed by atoms with E-state index >= 15 is 0 Å². The van der Waals surface area contributed by atoms with Gasteiger partial charge in [-0.3, -0.25) is 4.79 Å². The minimum Gasteiger partial charge on any atom is -0.289 e. The van der Waals surface area contributed by atoms with Gasteiger partial charge in [-0.1, -0.05) is 84.9 Å². The summed E-state index contributed by atoms with van der Waals surface area (Å²) in [7, 11) is 0. The Labute approximate surface area is 165 Å². The van der Waals surface area contributed by atoms with Crippen LogP contribution in [0.2, 0.25) is 0 Å². The number of hydrogen-bond donors (Lipinski definition) is 0. The van der Waals surface area contributed by atoms with E-state index in [2.05, 4.69) is 49.6 Å². The Hall–Kier alpha value is -3.45. The molecule has 0 heterocycles. The molecule has 0 amide bonds. The molecule has 0 unspecified atom stereocenters. The molecule has 0 N–H and O–H groups in total. The topological polar surface area (TPSA) is 17.1 Å². The van der Waals surface area contributed by atoms with Gasteiger partial charge in [0.15, 0.2) is 5.78 Å². The van der Waals surface area contributed by atoms with Crippen molar-refractivity contribution >= 4 is 27.3 Å². The van der Waals surface area contributed by atoms with Crippen molar-refractivity contribution in [2.75, 3.05) is 0 Å². The van der Waals surface area contributed by atoms with Gasteiger partial charge in [0.25, 0.3) is 0 Å². The molecule has 0 aliphatic carbocycles. The van der Waals surface area contributed by atoms with Crippen molar-refractivity contribution < 1.29 is 4.79 Å². The van der Waals surface area contributed by atoms with Crippen LogP contribution in [0.15, 0.2) is 98.1 Å². The molecule has 1 nitrogen and oxygen atoms in total. The summed E-state index contributed by atoms with van der Waals surface area (Å²) in [6.07, 6.45) is 5.03. The van der Waals surface area contributed by atoms with Gasteiger partial charge in [0.1, 0.15) is 0 Å². The smallest absolute Gasteiger partial charge is 0.194 e. The fourth-order valence-electron chi connectivity index (χ4n) is 3.95. The zero-order valence-electron chi connectivity index (χ0n) is 15.8. The average Bonchev–Trinajstić information content (AvgIpc) is 2.73. The number of hydrogen-bond acceptors (Lipinski definition) is 1. The van der Waals surface area contributed by atoms with Crippen LogP contribution in [0, 0.1) is 0 Å². The fraction of sp³-hybridized carbons (Fsp3) is 0.0741. The van der Waals surface area contributed by atoms with Crippen LogP contribution in [0.4, 0.5) is 0 Å². The Morgan fingerprint density at radius 2 is 1.07 bits per heavy atom. The van der Waals surface area contributed by atoms with Crippen molar-refractivity contribution in [2.45, 2.75) is 12.8 Å². The Morgan fingerprint density at radius 1 is 0.643 bits per heavy atom. The highest BCUT2D eigenvalue weighted by atomic mass is 16.1. The van der Waals surface area contributed by atoms with Gasteiger partial charge in [0, 0.05) is 11.1 Å². The third kappa shape index (κ3) is 3.05. The van der Waals surface area contributed by atoms with Gasteiger partial charge >= 0.3 is 0 Å². The summed E-state index contributed by atoms with van der Waals surface area (Å²) >= 11 is 0. The summed E-state index contributed by atoms with van der Waals surface area (Å²) in [5, 5.41) is 4.13. The second-order valence-corrected chi connectivity index (χ2v) is 6.96. The van der Waals surface area contributed by atoms with Crippen LogP contribution in [0.25, 0.3) is 21.5 Å². The van der Waals surface area contributed by atoms with Crippen LogP contribution in [-0.4, -0.2) is 5.78 Å². The second kappa shape index (κ2) is 7.66. The molecule has 0 bridgehead atoms. The standard InChI is InChI=1S/C27H22O/c1-3-9-21-17-15-19-11-5-7-13-23(19)25(21)27(28)26-22(10-4-2)18-16-20-12-6-8-14-24(20)26/h3-8,11-18H,1-2,9-10H2. The van der Waals surface area contributed by atoms with Gasteiger partial charge in [0.2, 0.25) is 0 Å². The van der Waals surface area contributed by atoms with Crippen molar-refractivity contribution in [3.05, 3.63) is 120 Å². The van der Waals surface area contributed by atoms with E-state index in [1.54, 1.807) is 0 Å². The minimum atomic E-state index is 0.0716. The predicted molar refractivity (Wildman–Crippen MR) is 119 cm³/mol. The largest absolute Gasteiger partial charge is 0.289 e. The molecule has 0 atom stereocenters. The van der Waals surface area contributed by atoms with Crippen molar-refractivity contribution in [1.82, 2.24) is 0 Å². The molecule has 4 rings (SSSR count). The predicted octanol–water partition coefficient (Wildman–Crippen LogP) is 6.68. The summed E-state index contributed by atoms with van der Waals surface area (Å²) in [6.45, 7) is 7.76. The molecule has 0 fully saturated rings. The SMILES string of the molecule is C=CCc1ccc2ccccc2c1C(=O)c1c(CC=C)ccc2ccccc12. The molecule has 0 radical (unpaired) electrons. The molecule has 0 aliphatic heterocycles. The van der Waals surface area contributed by atoms with E-state index in [-0.39, 0.29) is 5.78 Å². The van der Waals surface area contributed by atoms with Crippen molar-refractivity contribution in [1.29, 1.82) is 0 Å². The summed E-state index contributed by atoms with van der Waals surface area (Å²) in [5.74, 6) is 0.0716. The van der Waals surface area contributed by atoms with Crippen LogP contribution < -0.4 is 0 Å². The van der Waals surface area contributed by atoms with Crippen molar-refractivity contribution in [3.8, 4) is 0 Å². The Bertz CT molecular complexity index is 1120. The molecule has 4 aromatic rings. The molecule has 4 aromatic carbocycles. The van der Waals surface area contributed by atoms with Gasteiger partial charge in [-0.25, -0.2) is 0 Å². The Kier molecular flexibility index (Phi) is 4.90. The van der Waals surface area contributed by atoms with Gasteiger partial charge < -0.3 is 0 Å². The highest BCUT2D eigenvalue weighted by molar-refractivity contribution is 6.23. The maximum absolute atomic E-state index is 14.0. The molecule has 136 valence electrons. The third-order valence-electron chi connectivity index (χ3n) is 5.21. The summed E-state index contributed by atoms with van der Waals surface area (Å²) in [5.41, 5.74) is 3.58. The third-order valence-corrected chi connectivity index (χ3v) is 5.21. The van der Waals surface area contributed by atoms with E-state index in [1.165, 1.54) is 0 Å². The monoisotopic (exact) mass is 362 g/mol. The highest BCUT2D eigenvalue weighted by Crippen LogP contribution is 2.31. The minimum absolute atomic E-state index is 0.0716. The molecule has 0 saturated carbocycles. The van der Waals surface area contributed by atoms with Crippen LogP contribution in [0.5, 0.6) is 0 Å². The van der Waals surface area contributed by atoms with E-state index in [9.17, 15) is 4.79 Å². The van der Waals surface area contributed by atoms with E-state index in [1.807, 2.05) is 48.6 Å². The maximum atomic E-state index is 14.0. The molecular weight excluding hydrogens is 340 g/mol. The zero-order chi connectivity index (χ0) is 19.5. The van der Waals surface area contributed by atoms with Gasteiger partial charge in [-0.2, -0.15) is 0 Å². The van der Waals surface area contributed by atoms with E-state index in [4.69, 9.17) is 0 Å². The van der Waals surface area contributed by atoms with E-state index < -0.39 is 0 Å². The van der Waals surface area contributed by atoms with Crippen LogP contribution in [0.3, 0.4) is 0 Å². The number of rotatable bonds is 6. The van der Waals surface area contributed by atoms with Gasteiger partial charge in [-0.05, 0) is 45.5 Å². The average molecular weight is 362 g/mol. The molecule has 0 spiro atoms. The van der Waals surface area contributed by atoms with Crippen molar-refractivity contribution in [2.24, 2.45) is 0 Å². The Morgan fingerprint density at radius 3 is 1.50 bits per heavy atom. The number of ketones is 1. The lowest BCUT2D eigenvalue weighted by atomic mass is 9.86. The first-order valence-electron chi connectivity index (χ1n) is 9.52. The number of allylic oxidation sites excluding steroid dienone is 2. The quantitative estimate of drug-likeness (QED) is 0.276.